The maximum absolute atomic E-state index is 12.0. The summed E-state index contributed by atoms with van der Waals surface area (Å²) in [4.78, 5) is 35.3. The van der Waals surface area contributed by atoms with Crippen molar-refractivity contribution in [3.05, 3.63) is 65.7 Å². The molecule has 6 heteroatoms. The zero-order valence-electron chi connectivity index (χ0n) is 12.6. The Labute approximate surface area is 133 Å². The number of primary amides is 1. The van der Waals surface area contributed by atoms with Crippen molar-refractivity contribution in [1.82, 2.24) is 5.32 Å². The Bertz CT molecular complexity index is 729. The van der Waals surface area contributed by atoms with Gasteiger partial charge in [0.1, 0.15) is 0 Å². The lowest BCUT2D eigenvalue weighted by Crippen LogP contribution is -2.37. The summed E-state index contributed by atoms with van der Waals surface area (Å²) in [5.74, 6) is -2.33. The SMILES string of the molecule is CC(NC(=O)C(=O)Nc1ccccc1C(N)=O)c1ccccc1. The number of nitrogens with two attached hydrogens (primary N) is 1. The first kappa shape index (κ1) is 16.2. The largest absolute Gasteiger partial charge is 0.366 e. The summed E-state index contributed by atoms with van der Waals surface area (Å²) < 4.78 is 0. The number of anilines is 1. The molecule has 0 radical (unpaired) electrons. The normalized spacial score (nSPS) is 11.3. The molecule has 0 spiro atoms. The summed E-state index contributed by atoms with van der Waals surface area (Å²) in [6.07, 6.45) is 0. The van der Waals surface area contributed by atoms with Gasteiger partial charge >= 0.3 is 11.8 Å². The van der Waals surface area contributed by atoms with Gasteiger partial charge in [0.15, 0.2) is 0 Å². The van der Waals surface area contributed by atoms with Crippen molar-refractivity contribution >= 4 is 23.4 Å². The van der Waals surface area contributed by atoms with Crippen molar-refractivity contribution in [3.63, 3.8) is 0 Å². The summed E-state index contributed by atoms with van der Waals surface area (Å²) in [5.41, 5.74) is 6.46. The molecule has 0 aliphatic carbocycles. The van der Waals surface area contributed by atoms with Gasteiger partial charge in [0.05, 0.1) is 17.3 Å². The maximum atomic E-state index is 12.0. The molecule has 0 aliphatic heterocycles. The number of rotatable bonds is 4. The zero-order chi connectivity index (χ0) is 16.8. The van der Waals surface area contributed by atoms with Crippen LogP contribution in [-0.4, -0.2) is 17.7 Å². The minimum atomic E-state index is -0.860. The zero-order valence-corrected chi connectivity index (χ0v) is 12.6. The molecule has 2 rings (SSSR count). The van der Waals surface area contributed by atoms with Crippen LogP contribution >= 0.6 is 0 Å². The number of hydrogen-bond donors (Lipinski definition) is 3. The predicted octanol–water partition coefficient (Wildman–Crippen LogP) is 1.60. The van der Waals surface area contributed by atoms with Crippen LogP contribution in [0.4, 0.5) is 5.69 Å². The minimum absolute atomic E-state index is 0.143. The van der Waals surface area contributed by atoms with E-state index in [0.29, 0.717) is 0 Å². The summed E-state index contributed by atoms with van der Waals surface area (Å²) >= 11 is 0. The van der Waals surface area contributed by atoms with Crippen molar-refractivity contribution in [2.24, 2.45) is 5.73 Å². The molecule has 1 unspecified atom stereocenters. The third-order valence-corrected chi connectivity index (χ3v) is 3.29. The van der Waals surface area contributed by atoms with Gasteiger partial charge in [-0.15, -0.1) is 0 Å². The van der Waals surface area contributed by atoms with Crippen molar-refractivity contribution in [1.29, 1.82) is 0 Å². The molecule has 0 aliphatic rings. The third kappa shape index (κ3) is 4.16. The number of benzene rings is 2. The molecule has 118 valence electrons. The molecule has 0 bridgehead atoms. The molecule has 6 nitrogen and oxygen atoms in total. The number of nitrogens with one attached hydrogen (secondary N) is 2. The average Bonchev–Trinajstić information content (AvgIpc) is 2.55. The molecule has 2 aromatic rings. The lowest BCUT2D eigenvalue weighted by atomic mass is 10.1. The van der Waals surface area contributed by atoms with Gasteiger partial charge in [-0.3, -0.25) is 14.4 Å². The van der Waals surface area contributed by atoms with E-state index in [0.717, 1.165) is 5.56 Å². The average molecular weight is 311 g/mol. The van der Waals surface area contributed by atoms with Crippen molar-refractivity contribution in [2.45, 2.75) is 13.0 Å². The molecule has 0 saturated heterocycles. The Morgan fingerprint density at radius 2 is 1.52 bits per heavy atom. The molecule has 0 heterocycles. The fourth-order valence-electron chi connectivity index (χ4n) is 2.07. The van der Waals surface area contributed by atoms with Crippen LogP contribution in [-0.2, 0) is 9.59 Å². The number of carbonyl (C=O) groups is 3. The van der Waals surface area contributed by atoms with E-state index < -0.39 is 17.7 Å². The Balaban J connectivity index is 2.04. The van der Waals surface area contributed by atoms with Gasteiger partial charge in [0, 0.05) is 0 Å². The first-order valence-corrected chi connectivity index (χ1v) is 7.04. The second-order valence-corrected chi connectivity index (χ2v) is 4.97. The number of carbonyl (C=O) groups excluding carboxylic acids is 3. The number of hydrogen-bond acceptors (Lipinski definition) is 3. The highest BCUT2D eigenvalue weighted by molar-refractivity contribution is 6.40. The molecule has 2 aromatic carbocycles. The quantitative estimate of drug-likeness (QED) is 0.747. The molecule has 4 N–H and O–H groups in total. The van der Waals surface area contributed by atoms with Gasteiger partial charge in [0.2, 0.25) is 0 Å². The van der Waals surface area contributed by atoms with Gasteiger partial charge in [-0.25, -0.2) is 0 Å². The van der Waals surface area contributed by atoms with E-state index in [1.54, 1.807) is 19.1 Å². The lowest BCUT2D eigenvalue weighted by molar-refractivity contribution is -0.136. The Morgan fingerprint density at radius 1 is 0.913 bits per heavy atom. The summed E-state index contributed by atoms with van der Waals surface area (Å²) in [6.45, 7) is 1.78. The van der Waals surface area contributed by atoms with Gasteiger partial charge in [-0.2, -0.15) is 0 Å². The second-order valence-electron chi connectivity index (χ2n) is 4.97. The Hall–Kier alpha value is -3.15. The summed E-state index contributed by atoms with van der Waals surface area (Å²) in [6, 6.07) is 15.2. The van der Waals surface area contributed by atoms with E-state index in [2.05, 4.69) is 10.6 Å². The van der Waals surface area contributed by atoms with Crippen LogP contribution in [0, 0.1) is 0 Å². The molecule has 23 heavy (non-hydrogen) atoms. The minimum Gasteiger partial charge on any atom is -0.366 e. The fraction of sp³-hybridized carbons (Fsp3) is 0.118. The predicted molar refractivity (Wildman–Crippen MR) is 86.6 cm³/mol. The maximum Gasteiger partial charge on any atom is 0.313 e. The smallest absolute Gasteiger partial charge is 0.313 e. The van der Waals surface area contributed by atoms with E-state index in [1.807, 2.05) is 30.3 Å². The Morgan fingerprint density at radius 3 is 2.17 bits per heavy atom. The topological polar surface area (TPSA) is 101 Å². The second kappa shape index (κ2) is 7.22. The first-order chi connectivity index (χ1) is 11.0. The van der Waals surface area contributed by atoms with Crippen LogP contribution < -0.4 is 16.4 Å². The lowest BCUT2D eigenvalue weighted by Gasteiger charge is -2.14. The summed E-state index contributed by atoms with van der Waals surface area (Å²) in [7, 11) is 0. The standard InChI is InChI=1S/C17H17N3O3/c1-11(12-7-3-2-4-8-12)19-16(22)17(23)20-14-10-6-5-9-13(14)15(18)21/h2-11H,1H3,(H2,18,21)(H,19,22)(H,20,23). The molecule has 0 saturated carbocycles. The fourth-order valence-corrected chi connectivity index (χ4v) is 2.07. The molecule has 3 amide bonds. The third-order valence-electron chi connectivity index (χ3n) is 3.29. The van der Waals surface area contributed by atoms with Gasteiger partial charge in [-0.1, -0.05) is 42.5 Å². The van der Waals surface area contributed by atoms with Gasteiger partial charge in [0.25, 0.3) is 5.91 Å². The van der Waals surface area contributed by atoms with Gasteiger partial charge in [-0.05, 0) is 24.6 Å². The van der Waals surface area contributed by atoms with Crippen LogP contribution in [0.25, 0.3) is 0 Å². The van der Waals surface area contributed by atoms with Gasteiger partial charge < -0.3 is 16.4 Å². The van der Waals surface area contributed by atoms with Crippen LogP contribution in [0.3, 0.4) is 0 Å². The van der Waals surface area contributed by atoms with E-state index in [9.17, 15) is 14.4 Å². The van der Waals surface area contributed by atoms with E-state index >= 15 is 0 Å². The highest BCUT2D eigenvalue weighted by Gasteiger charge is 2.19. The van der Waals surface area contributed by atoms with E-state index in [1.165, 1.54) is 12.1 Å². The van der Waals surface area contributed by atoms with E-state index in [-0.39, 0.29) is 17.3 Å². The summed E-state index contributed by atoms with van der Waals surface area (Å²) in [5, 5.41) is 4.99. The highest BCUT2D eigenvalue weighted by Crippen LogP contribution is 2.15. The van der Waals surface area contributed by atoms with Crippen molar-refractivity contribution < 1.29 is 14.4 Å². The molecule has 0 aromatic heterocycles. The molecular formula is C17H17N3O3. The Kier molecular flexibility index (Phi) is 5.09. The van der Waals surface area contributed by atoms with Crippen LogP contribution in [0.5, 0.6) is 0 Å². The monoisotopic (exact) mass is 311 g/mol. The van der Waals surface area contributed by atoms with E-state index in [4.69, 9.17) is 5.73 Å². The highest BCUT2D eigenvalue weighted by atomic mass is 16.2. The first-order valence-electron chi connectivity index (χ1n) is 7.04. The number of amides is 3. The van der Waals surface area contributed by atoms with Crippen molar-refractivity contribution in [2.75, 3.05) is 5.32 Å². The van der Waals surface area contributed by atoms with Crippen molar-refractivity contribution in [3.8, 4) is 0 Å². The molecule has 0 fully saturated rings. The molecular weight excluding hydrogens is 294 g/mol. The molecule has 1 atom stereocenters. The van der Waals surface area contributed by atoms with Crippen LogP contribution in [0.1, 0.15) is 28.9 Å². The van der Waals surface area contributed by atoms with Crippen LogP contribution in [0.15, 0.2) is 54.6 Å². The van der Waals surface area contributed by atoms with Crippen LogP contribution in [0.2, 0.25) is 0 Å². The number of para-hydroxylation sites is 1.